The number of hydrogen-bond acceptors (Lipinski definition) is 7. The number of thiophene rings is 1. The normalized spacial score (nSPS) is 9.96. The van der Waals surface area contributed by atoms with Gasteiger partial charge in [0.25, 0.3) is 5.91 Å². The van der Waals surface area contributed by atoms with Crippen LogP contribution in [0.1, 0.15) is 38.1 Å². The molecule has 1 heterocycles. The fraction of sp³-hybridized carbons (Fsp3) is 0.278. The molecule has 1 amide bonds. The SMILES string of the molecule is CCOC(=O)c1sc(NC(=O)c2cc(OC)cc(OC)c2)c(C#N)c1C. The van der Waals surface area contributed by atoms with Crippen LogP contribution in [-0.4, -0.2) is 32.7 Å². The van der Waals surface area contributed by atoms with E-state index >= 15 is 0 Å². The van der Waals surface area contributed by atoms with Gasteiger partial charge in [-0.05, 0) is 31.5 Å². The second-order valence-corrected chi connectivity index (χ2v) is 6.17. The number of hydrogen-bond donors (Lipinski definition) is 1. The number of rotatable bonds is 6. The number of nitriles is 1. The van der Waals surface area contributed by atoms with Gasteiger partial charge in [-0.3, -0.25) is 4.79 Å². The van der Waals surface area contributed by atoms with Crippen molar-refractivity contribution in [3.8, 4) is 17.6 Å². The number of nitrogens with one attached hydrogen (secondary N) is 1. The molecular weight excluding hydrogens is 356 g/mol. The second-order valence-electron chi connectivity index (χ2n) is 5.15. The van der Waals surface area contributed by atoms with Gasteiger partial charge in [0, 0.05) is 11.6 Å². The Morgan fingerprint density at radius 2 is 1.81 bits per heavy atom. The number of anilines is 1. The average Bonchev–Trinajstić information content (AvgIpc) is 2.96. The zero-order chi connectivity index (χ0) is 19.3. The molecule has 1 aromatic carbocycles. The molecule has 0 unspecified atom stereocenters. The highest BCUT2D eigenvalue weighted by Gasteiger charge is 2.22. The number of carbonyl (C=O) groups excluding carboxylic acids is 2. The smallest absolute Gasteiger partial charge is 0.348 e. The van der Waals surface area contributed by atoms with Crippen molar-refractivity contribution >= 4 is 28.2 Å². The molecule has 8 heteroatoms. The van der Waals surface area contributed by atoms with E-state index in [1.165, 1.54) is 14.2 Å². The number of amides is 1. The molecule has 26 heavy (non-hydrogen) atoms. The van der Waals surface area contributed by atoms with E-state index in [0.29, 0.717) is 32.5 Å². The van der Waals surface area contributed by atoms with Crippen LogP contribution in [0.15, 0.2) is 18.2 Å². The first-order chi connectivity index (χ1) is 12.4. The zero-order valence-corrected chi connectivity index (χ0v) is 15.7. The molecular formula is C18H18N2O5S. The Morgan fingerprint density at radius 3 is 2.31 bits per heavy atom. The Morgan fingerprint density at radius 1 is 1.19 bits per heavy atom. The minimum Gasteiger partial charge on any atom is -0.497 e. The minimum atomic E-state index is -0.518. The number of esters is 1. The average molecular weight is 374 g/mol. The van der Waals surface area contributed by atoms with Crippen LogP contribution >= 0.6 is 11.3 Å². The van der Waals surface area contributed by atoms with Gasteiger partial charge in [0.15, 0.2) is 0 Å². The zero-order valence-electron chi connectivity index (χ0n) is 14.8. The molecule has 0 fully saturated rings. The van der Waals surface area contributed by atoms with E-state index in [1.807, 2.05) is 6.07 Å². The summed E-state index contributed by atoms with van der Waals surface area (Å²) in [6.07, 6.45) is 0. The Balaban J connectivity index is 2.36. The first-order valence-corrected chi connectivity index (χ1v) is 8.51. The lowest BCUT2D eigenvalue weighted by molar-refractivity contribution is 0.0531. The molecule has 0 bridgehead atoms. The van der Waals surface area contributed by atoms with Crippen LogP contribution in [0, 0.1) is 18.3 Å². The Bertz CT molecular complexity index is 860. The van der Waals surface area contributed by atoms with Crippen molar-refractivity contribution in [2.75, 3.05) is 26.1 Å². The largest absolute Gasteiger partial charge is 0.497 e. The van der Waals surface area contributed by atoms with Crippen LogP contribution in [0.2, 0.25) is 0 Å². The molecule has 0 radical (unpaired) electrons. The summed E-state index contributed by atoms with van der Waals surface area (Å²) < 4.78 is 15.3. The van der Waals surface area contributed by atoms with Crippen molar-refractivity contribution in [2.24, 2.45) is 0 Å². The minimum absolute atomic E-state index is 0.226. The third kappa shape index (κ3) is 3.95. The summed E-state index contributed by atoms with van der Waals surface area (Å²) in [6, 6.07) is 6.77. The highest BCUT2D eigenvalue weighted by molar-refractivity contribution is 7.18. The highest BCUT2D eigenvalue weighted by atomic mass is 32.1. The van der Waals surface area contributed by atoms with Gasteiger partial charge in [-0.15, -0.1) is 11.3 Å². The summed E-state index contributed by atoms with van der Waals surface area (Å²) in [6.45, 7) is 3.57. The molecule has 136 valence electrons. The highest BCUT2D eigenvalue weighted by Crippen LogP contribution is 2.33. The summed E-state index contributed by atoms with van der Waals surface area (Å²) in [5, 5.41) is 12.4. The molecule has 1 aromatic heterocycles. The number of benzene rings is 1. The summed E-state index contributed by atoms with van der Waals surface area (Å²) in [5.41, 5.74) is 1.02. The Labute approximate surface area is 155 Å². The maximum atomic E-state index is 12.6. The number of methoxy groups -OCH3 is 2. The van der Waals surface area contributed by atoms with Crippen molar-refractivity contribution in [1.29, 1.82) is 5.26 Å². The van der Waals surface area contributed by atoms with Crippen LogP contribution in [0.5, 0.6) is 11.5 Å². The maximum absolute atomic E-state index is 12.6. The molecule has 0 aliphatic rings. The van der Waals surface area contributed by atoms with Crippen LogP contribution in [-0.2, 0) is 4.74 Å². The van der Waals surface area contributed by atoms with E-state index < -0.39 is 11.9 Å². The van der Waals surface area contributed by atoms with Crippen molar-refractivity contribution in [3.05, 3.63) is 39.8 Å². The van der Waals surface area contributed by atoms with Crippen LogP contribution in [0.25, 0.3) is 0 Å². The summed E-state index contributed by atoms with van der Waals surface area (Å²) in [4.78, 5) is 24.9. The fourth-order valence-electron chi connectivity index (χ4n) is 2.24. The predicted octanol–water partition coefficient (Wildman–Crippen LogP) is 3.37. The van der Waals surface area contributed by atoms with Crippen LogP contribution < -0.4 is 14.8 Å². The van der Waals surface area contributed by atoms with Crippen molar-refractivity contribution in [1.82, 2.24) is 0 Å². The maximum Gasteiger partial charge on any atom is 0.348 e. The van der Waals surface area contributed by atoms with Gasteiger partial charge >= 0.3 is 5.97 Å². The number of nitrogens with zero attached hydrogens (tertiary/aromatic N) is 1. The van der Waals surface area contributed by atoms with Crippen LogP contribution in [0.3, 0.4) is 0 Å². The molecule has 0 aliphatic carbocycles. The van der Waals surface area contributed by atoms with E-state index in [9.17, 15) is 14.9 Å². The third-order valence-corrected chi connectivity index (χ3v) is 4.75. The van der Waals surface area contributed by atoms with E-state index in [4.69, 9.17) is 14.2 Å². The standard InChI is InChI=1S/C18H18N2O5S/c1-5-25-18(22)15-10(2)14(9-19)17(26-15)20-16(21)11-6-12(23-3)8-13(7-11)24-4/h6-8H,5H2,1-4H3,(H,20,21). The quantitative estimate of drug-likeness (QED) is 0.779. The number of ether oxygens (including phenoxy) is 3. The lowest BCUT2D eigenvalue weighted by Crippen LogP contribution is -2.12. The molecule has 0 saturated heterocycles. The van der Waals surface area contributed by atoms with Gasteiger partial charge in [-0.25, -0.2) is 4.79 Å². The number of carbonyl (C=O) groups is 2. The van der Waals surface area contributed by atoms with Gasteiger partial charge in [0.05, 0.1) is 26.4 Å². The summed E-state index contributed by atoms with van der Waals surface area (Å²) in [7, 11) is 2.97. The van der Waals surface area contributed by atoms with Gasteiger partial charge in [0.1, 0.15) is 27.4 Å². The third-order valence-electron chi connectivity index (χ3n) is 3.56. The fourth-order valence-corrected chi connectivity index (χ4v) is 3.29. The molecule has 0 aliphatic heterocycles. The van der Waals surface area contributed by atoms with E-state index in [1.54, 1.807) is 32.0 Å². The molecule has 2 aromatic rings. The lowest BCUT2D eigenvalue weighted by atomic mass is 10.1. The Hall–Kier alpha value is -3.05. The topological polar surface area (TPSA) is 97.7 Å². The summed E-state index contributed by atoms with van der Waals surface area (Å²) >= 11 is 1.01. The predicted molar refractivity (Wildman–Crippen MR) is 97.2 cm³/mol. The molecule has 0 spiro atoms. The van der Waals surface area contributed by atoms with Crippen molar-refractivity contribution in [3.63, 3.8) is 0 Å². The first-order valence-electron chi connectivity index (χ1n) is 7.70. The van der Waals surface area contributed by atoms with Gasteiger partial charge < -0.3 is 19.5 Å². The molecule has 7 nitrogen and oxygen atoms in total. The molecule has 2 rings (SSSR count). The lowest BCUT2D eigenvalue weighted by Gasteiger charge is -2.08. The first kappa shape index (κ1) is 19.3. The van der Waals surface area contributed by atoms with Gasteiger partial charge in [0.2, 0.25) is 0 Å². The molecule has 0 atom stereocenters. The van der Waals surface area contributed by atoms with E-state index in [0.717, 1.165) is 11.3 Å². The second kappa shape index (κ2) is 8.36. The van der Waals surface area contributed by atoms with Gasteiger partial charge in [-0.2, -0.15) is 5.26 Å². The van der Waals surface area contributed by atoms with Crippen LogP contribution in [0.4, 0.5) is 5.00 Å². The van der Waals surface area contributed by atoms with Gasteiger partial charge in [-0.1, -0.05) is 0 Å². The van der Waals surface area contributed by atoms with E-state index in [2.05, 4.69) is 5.32 Å². The van der Waals surface area contributed by atoms with Crippen molar-refractivity contribution < 1.29 is 23.8 Å². The Kier molecular flexibility index (Phi) is 6.20. The monoisotopic (exact) mass is 374 g/mol. The summed E-state index contributed by atoms with van der Waals surface area (Å²) in [5.74, 6) is -0.0421. The van der Waals surface area contributed by atoms with Crippen molar-refractivity contribution in [2.45, 2.75) is 13.8 Å². The molecule has 0 saturated carbocycles. The van der Waals surface area contributed by atoms with E-state index in [-0.39, 0.29) is 12.2 Å². The molecule has 1 N–H and O–H groups in total.